The zero-order chi connectivity index (χ0) is 22.2. The first-order chi connectivity index (χ1) is 15.5. The molecular formula is C23H20ClFN2O4S. The van der Waals surface area contributed by atoms with Gasteiger partial charge in [-0.1, -0.05) is 17.7 Å². The number of benzene rings is 1. The predicted molar refractivity (Wildman–Crippen MR) is 120 cm³/mol. The van der Waals surface area contributed by atoms with Crippen molar-refractivity contribution in [2.45, 2.75) is 18.7 Å². The molecule has 2 aromatic heterocycles. The van der Waals surface area contributed by atoms with Crippen LogP contribution >= 0.6 is 22.9 Å². The molecule has 6 nitrogen and oxygen atoms in total. The summed E-state index contributed by atoms with van der Waals surface area (Å²) in [4.78, 5) is 19.3. The molecule has 0 radical (unpaired) electrons. The van der Waals surface area contributed by atoms with Gasteiger partial charge in [-0.3, -0.25) is 4.79 Å². The Kier molecular flexibility index (Phi) is 5.75. The Morgan fingerprint density at radius 1 is 1.22 bits per heavy atom. The van der Waals surface area contributed by atoms with E-state index in [4.69, 9.17) is 21.1 Å². The fraction of sp³-hybridized carbons (Fsp3) is 0.304. The normalized spacial score (nSPS) is 20.3. The smallest absolute Gasteiger partial charge is 0.257 e. The second-order valence-electron chi connectivity index (χ2n) is 7.71. The highest BCUT2D eigenvalue weighted by molar-refractivity contribution is 7.14. The van der Waals surface area contributed by atoms with Crippen molar-refractivity contribution >= 4 is 28.8 Å². The predicted octanol–water partition coefficient (Wildman–Crippen LogP) is 4.45. The fourth-order valence-corrected chi connectivity index (χ4v) is 5.19. The van der Waals surface area contributed by atoms with Crippen molar-refractivity contribution in [3.63, 3.8) is 0 Å². The number of thiophene rings is 1. The number of amides is 1. The molecule has 0 aliphatic carbocycles. The lowest BCUT2D eigenvalue weighted by Gasteiger charge is -2.32. The molecular weight excluding hydrogens is 455 g/mol. The van der Waals surface area contributed by atoms with E-state index in [1.54, 1.807) is 24.4 Å². The maximum atomic E-state index is 13.8. The standard InChI is InChI=1S/C23H20ClFN2O4S/c24-17-9-13(23(29)27-6-4-19(28)18(25)11-27)1-2-16(17)20-10-14(12-32-20)15-3-5-26-22-21(15)30-7-8-31-22/h1-3,5,9-10,12,18-19,28H,4,6-8,11H2. The largest absolute Gasteiger partial charge is 0.484 e. The van der Waals surface area contributed by atoms with Crippen molar-refractivity contribution in [1.29, 1.82) is 0 Å². The average molecular weight is 475 g/mol. The number of carbonyl (C=O) groups is 1. The topological polar surface area (TPSA) is 71.9 Å². The maximum Gasteiger partial charge on any atom is 0.257 e. The van der Waals surface area contributed by atoms with Crippen LogP contribution in [0.25, 0.3) is 21.6 Å². The van der Waals surface area contributed by atoms with Gasteiger partial charge in [-0.25, -0.2) is 9.37 Å². The van der Waals surface area contributed by atoms with Gasteiger partial charge in [0.1, 0.15) is 19.4 Å². The van der Waals surface area contributed by atoms with E-state index in [9.17, 15) is 14.3 Å². The lowest BCUT2D eigenvalue weighted by molar-refractivity contribution is 0.00826. The first-order valence-electron chi connectivity index (χ1n) is 10.3. The van der Waals surface area contributed by atoms with Crippen LogP contribution in [0, 0.1) is 0 Å². The number of likely N-dealkylation sites (tertiary alicyclic amines) is 1. The number of halogens is 2. The number of aliphatic hydroxyl groups excluding tert-OH is 1. The molecule has 1 N–H and O–H groups in total. The highest BCUT2D eigenvalue weighted by Crippen LogP contribution is 2.42. The number of aliphatic hydroxyl groups is 1. The maximum absolute atomic E-state index is 13.8. The molecule has 9 heteroatoms. The number of hydrogen-bond acceptors (Lipinski definition) is 6. The van der Waals surface area contributed by atoms with Crippen molar-refractivity contribution in [2.24, 2.45) is 0 Å². The van der Waals surface area contributed by atoms with Crippen LogP contribution < -0.4 is 9.47 Å². The Labute approximate surface area is 193 Å². The number of fused-ring (bicyclic) bond motifs is 1. The summed E-state index contributed by atoms with van der Waals surface area (Å²) >= 11 is 8.07. The summed E-state index contributed by atoms with van der Waals surface area (Å²) in [7, 11) is 0. The average Bonchev–Trinajstić information content (AvgIpc) is 3.29. The molecule has 2 atom stereocenters. The summed E-state index contributed by atoms with van der Waals surface area (Å²) < 4.78 is 25.2. The minimum Gasteiger partial charge on any atom is -0.484 e. The number of nitrogens with zero attached hydrogens (tertiary/aromatic N) is 2. The summed E-state index contributed by atoms with van der Waals surface area (Å²) in [6, 6.07) is 9.02. The van der Waals surface area contributed by atoms with Crippen molar-refractivity contribution in [1.82, 2.24) is 9.88 Å². The Hall–Kier alpha value is -2.68. The number of aromatic nitrogens is 1. The van der Waals surface area contributed by atoms with Crippen LogP contribution in [0.3, 0.4) is 0 Å². The second kappa shape index (κ2) is 8.69. The van der Waals surface area contributed by atoms with Gasteiger partial charge in [0.05, 0.1) is 17.7 Å². The SMILES string of the molecule is O=C(c1ccc(-c2cc(-c3ccnc4c3OCCO4)cs2)c(Cl)c1)N1CCC(O)C(F)C1. The Bertz CT molecular complexity index is 1170. The van der Waals surface area contributed by atoms with Crippen LogP contribution in [0.5, 0.6) is 11.6 Å². The van der Waals surface area contributed by atoms with Gasteiger partial charge in [-0.15, -0.1) is 11.3 Å². The number of hydrogen-bond donors (Lipinski definition) is 1. The summed E-state index contributed by atoms with van der Waals surface area (Å²) in [5, 5.41) is 12.0. The number of piperidine rings is 1. The molecule has 32 heavy (non-hydrogen) atoms. The summed E-state index contributed by atoms with van der Waals surface area (Å²) in [6.45, 7) is 1.15. The summed E-state index contributed by atoms with van der Waals surface area (Å²) in [6.07, 6.45) is -0.527. The van der Waals surface area contributed by atoms with Crippen molar-refractivity contribution in [2.75, 3.05) is 26.3 Å². The van der Waals surface area contributed by atoms with E-state index < -0.39 is 12.3 Å². The molecule has 1 saturated heterocycles. The van der Waals surface area contributed by atoms with Crippen molar-refractivity contribution in [3.05, 3.63) is 52.5 Å². The molecule has 5 rings (SSSR count). The van der Waals surface area contributed by atoms with Gasteiger partial charge in [-0.05, 0) is 41.6 Å². The monoisotopic (exact) mass is 474 g/mol. The number of alkyl halides is 1. The first kappa shape index (κ1) is 21.2. The van der Waals surface area contributed by atoms with E-state index in [0.717, 1.165) is 21.6 Å². The zero-order valence-corrected chi connectivity index (χ0v) is 18.5. The molecule has 2 aliphatic heterocycles. The van der Waals surface area contributed by atoms with Crippen LogP contribution in [0.4, 0.5) is 4.39 Å². The summed E-state index contributed by atoms with van der Waals surface area (Å²) in [5.74, 6) is 0.830. The zero-order valence-electron chi connectivity index (χ0n) is 17.0. The van der Waals surface area contributed by atoms with E-state index in [1.165, 1.54) is 16.2 Å². The quantitative estimate of drug-likeness (QED) is 0.607. The first-order valence-corrected chi connectivity index (χ1v) is 11.5. The molecule has 0 spiro atoms. The number of rotatable bonds is 3. The van der Waals surface area contributed by atoms with Gasteiger partial charge < -0.3 is 19.5 Å². The van der Waals surface area contributed by atoms with Gasteiger partial charge in [0.25, 0.3) is 11.8 Å². The lowest BCUT2D eigenvalue weighted by atomic mass is 10.0. The third-order valence-electron chi connectivity index (χ3n) is 5.63. The number of ether oxygens (including phenoxy) is 2. The minimum atomic E-state index is -1.43. The molecule has 3 aromatic rings. The van der Waals surface area contributed by atoms with E-state index in [0.29, 0.717) is 42.0 Å². The lowest BCUT2D eigenvalue weighted by Crippen LogP contribution is -2.47. The van der Waals surface area contributed by atoms with Gasteiger partial charge in [0.2, 0.25) is 0 Å². The summed E-state index contributed by atoms with van der Waals surface area (Å²) in [5.41, 5.74) is 3.06. The van der Waals surface area contributed by atoms with Crippen molar-refractivity contribution in [3.8, 4) is 33.2 Å². The van der Waals surface area contributed by atoms with Crippen LogP contribution in [-0.2, 0) is 0 Å². The fourth-order valence-electron chi connectivity index (χ4n) is 3.91. The number of carbonyl (C=O) groups excluding carboxylic acids is 1. The molecule has 1 aromatic carbocycles. The van der Waals surface area contributed by atoms with Crippen LogP contribution in [0.15, 0.2) is 41.9 Å². The van der Waals surface area contributed by atoms with E-state index in [2.05, 4.69) is 4.98 Å². The second-order valence-corrected chi connectivity index (χ2v) is 9.03. The highest BCUT2D eigenvalue weighted by atomic mass is 35.5. The molecule has 1 amide bonds. The molecule has 0 saturated carbocycles. The highest BCUT2D eigenvalue weighted by Gasteiger charge is 2.30. The van der Waals surface area contributed by atoms with Crippen molar-refractivity contribution < 1.29 is 23.8 Å². The van der Waals surface area contributed by atoms with E-state index in [-0.39, 0.29) is 18.9 Å². The van der Waals surface area contributed by atoms with Gasteiger partial charge in [0, 0.05) is 34.3 Å². The van der Waals surface area contributed by atoms with Gasteiger partial charge >= 0.3 is 0 Å². The Morgan fingerprint density at radius 2 is 2.06 bits per heavy atom. The molecule has 1 fully saturated rings. The van der Waals surface area contributed by atoms with Gasteiger partial charge in [0.15, 0.2) is 5.75 Å². The minimum absolute atomic E-state index is 0.115. The molecule has 2 unspecified atom stereocenters. The number of pyridine rings is 1. The van der Waals surface area contributed by atoms with Gasteiger partial charge in [-0.2, -0.15) is 0 Å². The van der Waals surface area contributed by atoms with Crippen LogP contribution in [-0.4, -0.2) is 59.5 Å². The Balaban J connectivity index is 1.39. The third-order valence-corrected chi connectivity index (χ3v) is 6.90. The van der Waals surface area contributed by atoms with Crippen LogP contribution in [0.1, 0.15) is 16.8 Å². The molecule has 4 heterocycles. The molecule has 2 aliphatic rings. The van der Waals surface area contributed by atoms with Crippen LogP contribution in [0.2, 0.25) is 5.02 Å². The third kappa shape index (κ3) is 3.94. The molecule has 0 bridgehead atoms. The Morgan fingerprint density at radius 3 is 2.88 bits per heavy atom. The molecule has 166 valence electrons. The van der Waals surface area contributed by atoms with E-state index in [1.807, 2.05) is 17.5 Å². The van der Waals surface area contributed by atoms with E-state index >= 15 is 0 Å².